The second-order valence-corrected chi connectivity index (χ2v) is 6.72. The summed E-state index contributed by atoms with van der Waals surface area (Å²) in [7, 11) is 0. The molecule has 2 aromatic rings. The van der Waals surface area contributed by atoms with Crippen molar-refractivity contribution in [3.63, 3.8) is 0 Å². The summed E-state index contributed by atoms with van der Waals surface area (Å²) in [5, 5.41) is 8.57. The van der Waals surface area contributed by atoms with Crippen LogP contribution in [0.1, 0.15) is 22.6 Å². The molecule has 0 radical (unpaired) electrons. The minimum atomic E-state index is -0.208. The Morgan fingerprint density at radius 2 is 1.92 bits per heavy atom. The molecule has 2 aromatic carbocycles. The summed E-state index contributed by atoms with van der Waals surface area (Å²) in [6.45, 7) is 4.19. The van der Waals surface area contributed by atoms with Gasteiger partial charge in [0, 0.05) is 25.6 Å². The smallest absolute Gasteiger partial charge is 0.248 e. The summed E-state index contributed by atoms with van der Waals surface area (Å²) in [4.78, 5) is 19.8. The molecule has 0 unspecified atom stereocenters. The normalized spacial score (nSPS) is 19.8. The van der Waals surface area contributed by atoms with E-state index in [9.17, 15) is 4.79 Å². The molecular formula is C21H23N3O2. The molecule has 5 heteroatoms. The summed E-state index contributed by atoms with van der Waals surface area (Å²) < 4.78 is 0. The van der Waals surface area contributed by atoms with Gasteiger partial charge in [0.05, 0.1) is 12.0 Å². The first-order valence-corrected chi connectivity index (χ1v) is 8.79. The van der Waals surface area contributed by atoms with Crippen LogP contribution in [0.3, 0.4) is 0 Å². The number of benzene rings is 2. The number of likely N-dealkylation sites (tertiary alicyclic amines) is 1. The summed E-state index contributed by atoms with van der Waals surface area (Å²) in [5.74, 6) is -0.272. The third-order valence-corrected chi connectivity index (χ3v) is 4.80. The average molecular weight is 349 g/mol. The summed E-state index contributed by atoms with van der Waals surface area (Å²) in [5.41, 5.74) is 6.03. The number of hydroxylamine groups is 1. The first-order chi connectivity index (χ1) is 12.7. The molecule has 134 valence electrons. The zero-order chi connectivity index (χ0) is 18.4. The Hall–Kier alpha value is -2.68. The molecule has 1 heterocycles. The van der Waals surface area contributed by atoms with E-state index in [0.29, 0.717) is 6.54 Å². The minimum Gasteiger partial charge on any atom is -0.298 e. The quantitative estimate of drug-likeness (QED) is 0.643. The predicted molar refractivity (Wildman–Crippen MR) is 98.8 cm³/mol. The van der Waals surface area contributed by atoms with Gasteiger partial charge >= 0.3 is 0 Å². The fraction of sp³-hybridized carbons (Fsp3) is 0.333. The Kier molecular flexibility index (Phi) is 6.00. The molecule has 0 aliphatic carbocycles. The lowest BCUT2D eigenvalue weighted by Gasteiger charge is -2.18. The van der Waals surface area contributed by atoms with Crippen molar-refractivity contribution in [1.29, 1.82) is 5.26 Å². The van der Waals surface area contributed by atoms with Crippen LogP contribution in [0.2, 0.25) is 0 Å². The molecule has 0 saturated carbocycles. The van der Waals surface area contributed by atoms with E-state index in [0.717, 1.165) is 18.7 Å². The fourth-order valence-corrected chi connectivity index (χ4v) is 3.49. The molecule has 26 heavy (non-hydrogen) atoms. The topological polar surface area (TPSA) is 65.4 Å². The highest BCUT2D eigenvalue weighted by molar-refractivity contribution is 5.79. The van der Waals surface area contributed by atoms with Gasteiger partial charge in [0.2, 0.25) is 5.91 Å². The van der Waals surface area contributed by atoms with Crippen LogP contribution in [0.15, 0.2) is 54.6 Å². The number of nitrogens with one attached hydrogen (secondary N) is 1. The van der Waals surface area contributed by atoms with Gasteiger partial charge in [0.25, 0.3) is 0 Å². The van der Waals surface area contributed by atoms with Crippen LogP contribution in [0.5, 0.6) is 0 Å². The third kappa shape index (κ3) is 4.48. The van der Waals surface area contributed by atoms with Crippen LogP contribution in [0.4, 0.5) is 0 Å². The highest BCUT2D eigenvalue weighted by Crippen LogP contribution is 2.34. The number of nitrogens with zero attached hydrogens (tertiary/aromatic N) is 2. The van der Waals surface area contributed by atoms with Gasteiger partial charge in [-0.05, 0) is 18.1 Å². The van der Waals surface area contributed by atoms with Crippen molar-refractivity contribution in [2.75, 3.05) is 19.7 Å². The van der Waals surface area contributed by atoms with Crippen molar-refractivity contribution in [2.24, 2.45) is 5.92 Å². The molecule has 1 fully saturated rings. The van der Waals surface area contributed by atoms with Crippen LogP contribution in [-0.4, -0.2) is 30.5 Å². The largest absolute Gasteiger partial charge is 0.298 e. The van der Waals surface area contributed by atoms with Crippen molar-refractivity contribution < 1.29 is 9.63 Å². The van der Waals surface area contributed by atoms with Crippen molar-refractivity contribution in [1.82, 2.24) is 10.4 Å². The average Bonchev–Trinajstić information content (AvgIpc) is 3.07. The molecular weight excluding hydrogens is 326 g/mol. The van der Waals surface area contributed by atoms with E-state index in [1.165, 1.54) is 11.1 Å². The van der Waals surface area contributed by atoms with Gasteiger partial charge in [-0.15, -0.1) is 0 Å². The first kappa shape index (κ1) is 18.1. The molecule has 3 rings (SSSR count). The zero-order valence-electron chi connectivity index (χ0n) is 14.9. The SMILES string of the molecule is Cc1ccc([C@@H]2CN(Cc3ccccc3)C[C@H]2C(=O)NOCC#N)cc1. The molecule has 0 spiro atoms. The van der Waals surface area contributed by atoms with Crippen molar-refractivity contribution in [3.05, 3.63) is 71.3 Å². The standard InChI is InChI=1S/C21H23N3O2/c1-16-7-9-18(10-8-16)19-14-24(13-17-5-3-2-4-6-17)15-20(19)21(25)23-26-12-11-22/h2-10,19-20H,12-15H2,1H3,(H,23,25)/t19-,20+/m0/s1. The molecule has 2 atom stereocenters. The van der Waals surface area contributed by atoms with Gasteiger partial charge in [-0.25, -0.2) is 5.48 Å². The summed E-state index contributed by atoms with van der Waals surface area (Å²) in [6.07, 6.45) is 0. The van der Waals surface area contributed by atoms with E-state index in [-0.39, 0.29) is 24.3 Å². The summed E-state index contributed by atoms with van der Waals surface area (Å²) in [6, 6.07) is 20.5. The maximum Gasteiger partial charge on any atom is 0.248 e. The zero-order valence-corrected chi connectivity index (χ0v) is 14.9. The van der Waals surface area contributed by atoms with Crippen LogP contribution in [0.25, 0.3) is 0 Å². The van der Waals surface area contributed by atoms with E-state index in [2.05, 4.69) is 53.7 Å². The fourth-order valence-electron chi connectivity index (χ4n) is 3.49. The Morgan fingerprint density at radius 1 is 1.19 bits per heavy atom. The molecule has 1 aliphatic rings. The molecule has 0 aromatic heterocycles. The lowest BCUT2D eigenvalue weighted by Crippen LogP contribution is -2.34. The second kappa shape index (κ2) is 8.61. The lowest BCUT2D eigenvalue weighted by atomic mass is 9.88. The van der Waals surface area contributed by atoms with Crippen LogP contribution < -0.4 is 5.48 Å². The van der Waals surface area contributed by atoms with Gasteiger partial charge < -0.3 is 0 Å². The maximum absolute atomic E-state index is 12.6. The molecule has 0 bridgehead atoms. The van der Waals surface area contributed by atoms with Crippen molar-refractivity contribution in [3.8, 4) is 6.07 Å². The number of carbonyl (C=O) groups is 1. The van der Waals surface area contributed by atoms with E-state index >= 15 is 0 Å². The third-order valence-electron chi connectivity index (χ3n) is 4.80. The Bertz CT molecular complexity index is 768. The highest BCUT2D eigenvalue weighted by Gasteiger charge is 2.38. The van der Waals surface area contributed by atoms with Gasteiger partial charge in [-0.3, -0.25) is 14.5 Å². The number of nitriles is 1. The van der Waals surface area contributed by atoms with E-state index in [4.69, 9.17) is 10.1 Å². The molecule has 5 nitrogen and oxygen atoms in total. The number of rotatable bonds is 6. The minimum absolute atomic E-state index is 0.102. The number of hydrogen-bond acceptors (Lipinski definition) is 4. The molecule has 1 aliphatic heterocycles. The van der Waals surface area contributed by atoms with E-state index < -0.39 is 0 Å². The number of carbonyl (C=O) groups excluding carboxylic acids is 1. The highest BCUT2D eigenvalue weighted by atomic mass is 16.6. The lowest BCUT2D eigenvalue weighted by molar-refractivity contribution is -0.136. The Labute approximate surface area is 154 Å². The maximum atomic E-state index is 12.6. The van der Waals surface area contributed by atoms with E-state index in [1.54, 1.807) is 0 Å². The first-order valence-electron chi connectivity index (χ1n) is 8.79. The van der Waals surface area contributed by atoms with Gasteiger partial charge in [0.1, 0.15) is 0 Å². The Balaban J connectivity index is 1.75. The van der Waals surface area contributed by atoms with Gasteiger partial charge in [0.15, 0.2) is 6.61 Å². The molecule has 1 amide bonds. The number of aryl methyl sites for hydroxylation is 1. The predicted octanol–water partition coefficient (Wildman–Crippen LogP) is 2.78. The van der Waals surface area contributed by atoms with Crippen molar-refractivity contribution >= 4 is 5.91 Å². The summed E-state index contributed by atoms with van der Waals surface area (Å²) >= 11 is 0. The van der Waals surface area contributed by atoms with Gasteiger partial charge in [-0.1, -0.05) is 60.2 Å². The Morgan fingerprint density at radius 3 is 2.62 bits per heavy atom. The van der Waals surface area contributed by atoms with E-state index in [1.807, 2.05) is 24.3 Å². The van der Waals surface area contributed by atoms with Crippen LogP contribution in [0, 0.1) is 24.2 Å². The monoisotopic (exact) mass is 349 g/mol. The van der Waals surface area contributed by atoms with Crippen LogP contribution >= 0.6 is 0 Å². The molecule has 1 N–H and O–H groups in total. The number of amides is 1. The van der Waals surface area contributed by atoms with Crippen LogP contribution in [-0.2, 0) is 16.2 Å². The second-order valence-electron chi connectivity index (χ2n) is 6.72. The number of hydrogen-bond donors (Lipinski definition) is 1. The molecule has 1 saturated heterocycles. The van der Waals surface area contributed by atoms with Crippen molar-refractivity contribution in [2.45, 2.75) is 19.4 Å². The van der Waals surface area contributed by atoms with Gasteiger partial charge in [-0.2, -0.15) is 5.26 Å².